The Balaban J connectivity index is 4.88. The van der Waals surface area contributed by atoms with Crippen LogP contribution in [0.5, 0.6) is 0 Å². The van der Waals surface area contributed by atoms with Crippen molar-refractivity contribution >= 4 is 0 Å². The summed E-state index contributed by atoms with van der Waals surface area (Å²) in [5.41, 5.74) is 0. The molecule has 0 saturated carbocycles. The molecule has 0 amide bonds. The molecule has 0 aromatic rings. The third kappa shape index (κ3) is 4.96. The van der Waals surface area contributed by atoms with Crippen LogP contribution in [0.3, 0.4) is 0 Å². The van der Waals surface area contributed by atoms with Gasteiger partial charge in [0.05, 0.1) is 0 Å². The van der Waals surface area contributed by atoms with Gasteiger partial charge in [-0.05, 0) is 0 Å². The van der Waals surface area contributed by atoms with Gasteiger partial charge in [-0.15, -0.1) is 0 Å². The average Bonchev–Trinajstić information content (AvgIpc) is 2.32. The molecule has 0 heterocycles. The Morgan fingerprint density at radius 1 is 0.400 bits per heavy atom. The number of hydrogen-bond donors (Lipinski definition) is 0. The lowest BCUT2D eigenvalue weighted by Crippen LogP contribution is -2.56. The summed E-state index contributed by atoms with van der Waals surface area (Å²) >= 11 is 0. The lowest BCUT2D eigenvalue weighted by molar-refractivity contribution is -0.456. The Morgan fingerprint density at radius 2 is 0.600 bits per heavy atom. The van der Waals surface area contributed by atoms with Gasteiger partial charge in [-0.25, -0.2) is 0 Å². The van der Waals surface area contributed by atoms with Gasteiger partial charge in [-0.3, -0.25) is 0 Å². The number of alkyl halides is 14. The molecule has 0 saturated heterocycles. The molecule has 0 unspecified atom stereocenters. The van der Waals surface area contributed by atoms with Gasteiger partial charge < -0.3 is 14.2 Å². The van der Waals surface area contributed by atoms with Crippen molar-refractivity contribution in [2.24, 2.45) is 0 Å². The first-order valence-electron chi connectivity index (χ1n) is 5.21. The van der Waals surface area contributed by atoms with Crippen LogP contribution in [-0.4, -0.2) is 50.0 Å². The lowest BCUT2D eigenvalue weighted by Gasteiger charge is -2.30. The average molecular weight is 414 g/mol. The van der Waals surface area contributed by atoms with E-state index < -0.39 is 50.0 Å². The quantitative estimate of drug-likeness (QED) is 0.363. The van der Waals surface area contributed by atoms with Gasteiger partial charge >= 0.3 is 36.4 Å². The van der Waals surface area contributed by atoms with Crippen LogP contribution in [0.25, 0.3) is 0 Å². The molecular weight excluding hydrogens is 410 g/mol. The highest BCUT2D eigenvalue weighted by Gasteiger charge is 2.75. The van der Waals surface area contributed by atoms with E-state index in [1.165, 1.54) is 0 Å². The molecule has 0 radical (unpaired) electrons. The number of ether oxygens (including phenoxy) is 3. The highest BCUT2D eigenvalue weighted by molar-refractivity contribution is 4.86. The van der Waals surface area contributed by atoms with E-state index in [0.29, 0.717) is 0 Å². The molecule has 0 N–H and O–H groups in total. The summed E-state index contributed by atoms with van der Waals surface area (Å²) in [5.74, 6) is -12.7. The monoisotopic (exact) mass is 414 g/mol. The standard InChI is InChI=1S/C8H4F14O3/c9-3(5(11,12)13,6(14,15)16)24-1-23-2-25-4(10,7(17,18)19)8(20,21)22/h1-2H2. The Bertz CT molecular complexity index is 363. The fourth-order valence-corrected chi connectivity index (χ4v) is 0.929. The molecule has 0 bridgehead atoms. The van der Waals surface area contributed by atoms with Crippen LogP contribution in [-0.2, 0) is 14.2 Å². The molecule has 25 heavy (non-hydrogen) atoms. The SMILES string of the molecule is FC(F)(F)C(F)(OCOCOC(F)(C(F)(F)F)C(F)(F)F)C(F)(F)F. The van der Waals surface area contributed by atoms with Crippen molar-refractivity contribution in [2.75, 3.05) is 13.6 Å². The lowest BCUT2D eigenvalue weighted by atomic mass is 10.3. The van der Waals surface area contributed by atoms with E-state index in [1.807, 2.05) is 0 Å². The van der Waals surface area contributed by atoms with Gasteiger partial charge in [0.15, 0.2) is 13.6 Å². The van der Waals surface area contributed by atoms with Crippen LogP contribution in [0.4, 0.5) is 61.5 Å². The molecule has 0 rings (SSSR count). The molecule has 0 aromatic carbocycles. The van der Waals surface area contributed by atoms with E-state index in [-0.39, 0.29) is 0 Å². The maximum atomic E-state index is 12.8. The van der Waals surface area contributed by atoms with Gasteiger partial charge in [-0.1, -0.05) is 0 Å². The second kappa shape index (κ2) is 6.90. The molecule has 3 nitrogen and oxygen atoms in total. The summed E-state index contributed by atoms with van der Waals surface area (Å²) in [7, 11) is 0. The second-order valence-corrected chi connectivity index (χ2v) is 3.91. The molecule has 0 aliphatic carbocycles. The van der Waals surface area contributed by atoms with Crippen molar-refractivity contribution < 1.29 is 75.7 Å². The number of hydrogen-bond acceptors (Lipinski definition) is 3. The van der Waals surface area contributed by atoms with Crippen LogP contribution in [0.1, 0.15) is 0 Å². The third-order valence-electron chi connectivity index (χ3n) is 2.14. The molecule has 0 atom stereocenters. The normalized spacial score (nSPS) is 15.6. The Morgan fingerprint density at radius 3 is 0.760 bits per heavy atom. The Kier molecular flexibility index (Phi) is 6.60. The van der Waals surface area contributed by atoms with Gasteiger partial charge in [0.25, 0.3) is 0 Å². The molecule has 0 aliphatic rings. The zero-order valence-corrected chi connectivity index (χ0v) is 10.9. The molecule has 152 valence electrons. The van der Waals surface area contributed by atoms with Crippen molar-refractivity contribution in [1.29, 1.82) is 0 Å². The topological polar surface area (TPSA) is 27.7 Å². The summed E-state index contributed by atoms with van der Waals surface area (Å²) in [6.07, 6.45) is -26.9. The maximum absolute atomic E-state index is 12.8. The minimum atomic E-state index is -6.72. The largest absolute Gasteiger partial charge is 0.458 e. The van der Waals surface area contributed by atoms with Gasteiger partial charge in [0.1, 0.15) is 0 Å². The highest BCUT2D eigenvalue weighted by atomic mass is 19.4. The molecule has 17 heteroatoms. The van der Waals surface area contributed by atoms with Crippen LogP contribution >= 0.6 is 0 Å². The molecular formula is C8H4F14O3. The van der Waals surface area contributed by atoms with Crippen molar-refractivity contribution in [1.82, 2.24) is 0 Å². The van der Waals surface area contributed by atoms with E-state index in [9.17, 15) is 61.5 Å². The molecule has 0 spiro atoms. The summed E-state index contributed by atoms with van der Waals surface area (Å²) in [6.45, 7) is -4.97. The van der Waals surface area contributed by atoms with Crippen LogP contribution in [0, 0.1) is 0 Å². The number of rotatable bonds is 6. The van der Waals surface area contributed by atoms with Crippen molar-refractivity contribution in [2.45, 2.75) is 36.4 Å². The second-order valence-electron chi connectivity index (χ2n) is 3.91. The zero-order valence-electron chi connectivity index (χ0n) is 10.9. The fourth-order valence-electron chi connectivity index (χ4n) is 0.929. The summed E-state index contributed by atoms with van der Waals surface area (Å²) in [5, 5.41) is 0. The summed E-state index contributed by atoms with van der Waals surface area (Å²) < 4.78 is 178. The molecule has 0 aliphatic heterocycles. The fraction of sp³-hybridized carbons (Fsp3) is 1.00. The predicted octanol–water partition coefficient (Wildman–Crippen LogP) is 4.53. The highest BCUT2D eigenvalue weighted by Crippen LogP contribution is 2.48. The first-order chi connectivity index (χ1) is 10.7. The van der Waals surface area contributed by atoms with Crippen molar-refractivity contribution in [3.05, 3.63) is 0 Å². The predicted molar refractivity (Wildman–Crippen MR) is 44.9 cm³/mol. The third-order valence-corrected chi connectivity index (χ3v) is 2.14. The molecule has 0 aromatic heterocycles. The van der Waals surface area contributed by atoms with Gasteiger partial charge in [0, 0.05) is 0 Å². The Hall–Kier alpha value is -1.10. The number of halogens is 14. The summed E-state index contributed by atoms with van der Waals surface area (Å²) in [4.78, 5) is 0. The first kappa shape index (κ1) is 23.9. The van der Waals surface area contributed by atoms with Crippen LogP contribution in [0.2, 0.25) is 0 Å². The van der Waals surface area contributed by atoms with Crippen LogP contribution < -0.4 is 0 Å². The van der Waals surface area contributed by atoms with E-state index in [2.05, 4.69) is 14.2 Å². The van der Waals surface area contributed by atoms with E-state index in [4.69, 9.17) is 0 Å². The van der Waals surface area contributed by atoms with E-state index in [1.54, 1.807) is 0 Å². The van der Waals surface area contributed by atoms with Crippen LogP contribution in [0.15, 0.2) is 0 Å². The van der Waals surface area contributed by atoms with Gasteiger partial charge in [0.2, 0.25) is 0 Å². The van der Waals surface area contributed by atoms with Gasteiger partial charge in [-0.2, -0.15) is 61.5 Å². The van der Waals surface area contributed by atoms with E-state index >= 15 is 0 Å². The minimum Gasteiger partial charge on any atom is -0.329 e. The Labute approximate surface area is 127 Å². The van der Waals surface area contributed by atoms with Crippen molar-refractivity contribution in [3.8, 4) is 0 Å². The zero-order chi connectivity index (χ0) is 20.5. The van der Waals surface area contributed by atoms with E-state index in [0.717, 1.165) is 0 Å². The smallest absolute Gasteiger partial charge is 0.329 e. The van der Waals surface area contributed by atoms with Crippen molar-refractivity contribution in [3.63, 3.8) is 0 Å². The first-order valence-corrected chi connectivity index (χ1v) is 5.21. The minimum absolute atomic E-state index is 2.48. The maximum Gasteiger partial charge on any atom is 0.458 e. The molecule has 0 fully saturated rings. The summed E-state index contributed by atoms with van der Waals surface area (Å²) in [6, 6.07) is 0.